The van der Waals surface area contributed by atoms with Gasteiger partial charge in [-0.3, -0.25) is 9.59 Å². The lowest BCUT2D eigenvalue weighted by Crippen LogP contribution is -2.47. The van der Waals surface area contributed by atoms with E-state index < -0.39 is 6.04 Å². The number of hydrogen-bond acceptors (Lipinski definition) is 5. The molecule has 0 radical (unpaired) electrons. The summed E-state index contributed by atoms with van der Waals surface area (Å²) in [6.45, 7) is 6.18. The van der Waals surface area contributed by atoms with Crippen molar-refractivity contribution >= 4 is 17.5 Å². The Morgan fingerprint density at radius 1 is 0.966 bits per heavy atom. The summed E-state index contributed by atoms with van der Waals surface area (Å²) in [4.78, 5) is 25.5. The van der Waals surface area contributed by atoms with Gasteiger partial charge in [-0.25, -0.2) is 0 Å². The number of carbonyl (C=O) groups is 2. The molecule has 0 saturated heterocycles. The van der Waals surface area contributed by atoms with Gasteiger partial charge in [0, 0.05) is 11.6 Å². The minimum Gasteiger partial charge on any atom is -0.497 e. The van der Waals surface area contributed by atoms with Crippen LogP contribution in [0.5, 0.6) is 17.2 Å². The number of carbonyl (C=O) groups excluding carboxylic acids is 2. The normalized spacial score (nSPS) is 11.5. The second-order valence-corrected chi connectivity index (χ2v) is 6.71. The smallest absolute Gasteiger partial charge is 0.251 e. The number of nitrogens with one attached hydrogen (secondary N) is 2. The Labute approximate surface area is 171 Å². The van der Waals surface area contributed by atoms with Crippen molar-refractivity contribution in [3.8, 4) is 17.2 Å². The summed E-state index contributed by atoms with van der Waals surface area (Å²) in [5.41, 5.74) is 0.920. The summed E-state index contributed by atoms with van der Waals surface area (Å²) in [6, 6.07) is 11.2. The number of benzene rings is 2. The Morgan fingerprint density at radius 3 is 2.17 bits per heavy atom. The molecule has 2 amide bonds. The van der Waals surface area contributed by atoms with E-state index in [-0.39, 0.29) is 17.7 Å². The molecule has 0 aliphatic carbocycles. The van der Waals surface area contributed by atoms with Crippen LogP contribution in [0.25, 0.3) is 0 Å². The minimum atomic E-state index is -0.732. The van der Waals surface area contributed by atoms with Crippen LogP contribution in [0.1, 0.15) is 31.1 Å². The van der Waals surface area contributed by atoms with Crippen molar-refractivity contribution in [2.24, 2.45) is 5.92 Å². The summed E-state index contributed by atoms with van der Waals surface area (Å²) < 4.78 is 15.9. The molecule has 7 heteroatoms. The van der Waals surface area contributed by atoms with Crippen LogP contribution >= 0.6 is 0 Å². The predicted molar refractivity (Wildman–Crippen MR) is 112 cm³/mol. The van der Waals surface area contributed by atoms with Crippen LogP contribution in [-0.2, 0) is 4.79 Å². The summed E-state index contributed by atoms with van der Waals surface area (Å²) >= 11 is 0. The molecular formula is C22H28N2O5. The molecule has 2 aromatic rings. The van der Waals surface area contributed by atoms with E-state index in [1.165, 1.54) is 7.11 Å². The Kier molecular flexibility index (Phi) is 7.88. The van der Waals surface area contributed by atoms with Crippen molar-refractivity contribution in [2.45, 2.75) is 26.8 Å². The van der Waals surface area contributed by atoms with Gasteiger partial charge in [0.1, 0.15) is 23.3 Å². The van der Waals surface area contributed by atoms with Crippen molar-refractivity contribution in [1.82, 2.24) is 5.32 Å². The first-order valence-electron chi connectivity index (χ1n) is 9.46. The molecule has 29 heavy (non-hydrogen) atoms. The zero-order valence-electron chi connectivity index (χ0n) is 17.4. The maximum atomic E-state index is 12.9. The average molecular weight is 400 g/mol. The SMILES string of the molecule is CCOc1ccc(C(=O)N[C@H](C(=O)Nc2cc(OC)ccc2OC)C(C)C)cc1. The van der Waals surface area contributed by atoms with Gasteiger partial charge in [-0.2, -0.15) is 0 Å². The van der Waals surface area contributed by atoms with Crippen LogP contribution < -0.4 is 24.8 Å². The summed E-state index contributed by atoms with van der Waals surface area (Å²) in [5.74, 6) is 0.969. The lowest BCUT2D eigenvalue weighted by atomic mass is 10.0. The van der Waals surface area contributed by atoms with Gasteiger partial charge in [0.05, 0.1) is 26.5 Å². The molecule has 2 rings (SSSR count). The van der Waals surface area contributed by atoms with E-state index in [4.69, 9.17) is 14.2 Å². The largest absolute Gasteiger partial charge is 0.497 e. The van der Waals surface area contributed by atoms with Gasteiger partial charge < -0.3 is 24.8 Å². The fourth-order valence-corrected chi connectivity index (χ4v) is 2.75. The molecule has 0 unspecified atom stereocenters. The Hall–Kier alpha value is -3.22. The molecule has 0 spiro atoms. The number of amides is 2. The van der Waals surface area contributed by atoms with Crippen LogP contribution in [0, 0.1) is 5.92 Å². The summed E-state index contributed by atoms with van der Waals surface area (Å²) in [7, 11) is 3.06. The minimum absolute atomic E-state index is 0.127. The molecular weight excluding hydrogens is 372 g/mol. The molecule has 2 N–H and O–H groups in total. The van der Waals surface area contributed by atoms with E-state index in [1.54, 1.807) is 49.6 Å². The molecule has 0 aromatic heterocycles. The van der Waals surface area contributed by atoms with Gasteiger partial charge in [-0.1, -0.05) is 13.8 Å². The molecule has 0 saturated carbocycles. The first-order chi connectivity index (χ1) is 13.9. The number of ether oxygens (including phenoxy) is 3. The van der Waals surface area contributed by atoms with E-state index in [9.17, 15) is 9.59 Å². The molecule has 0 fully saturated rings. The van der Waals surface area contributed by atoms with Gasteiger partial charge in [0.15, 0.2) is 0 Å². The van der Waals surface area contributed by atoms with E-state index in [0.29, 0.717) is 35.1 Å². The van der Waals surface area contributed by atoms with Crippen LogP contribution in [-0.4, -0.2) is 38.7 Å². The van der Waals surface area contributed by atoms with Crippen molar-refractivity contribution in [3.63, 3.8) is 0 Å². The van der Waals surface area contributed by atoms with Gasteiger partial charge in [-0.05, 0) is 49.2 Å². The van der Waals surface area contributed by atoms with Crippen LogP contribution in [0.4, 0.5) is 5.69 Å². The fraction of sp³-hybridized carbons (Fsp3) is 0.364. The highest BCUT2D eigenvalue weighted by Crippen LogP contribution is 2.29. The molecule has 7 nitrogen and oxygen atoms in total. The predicted octanol–water partition coefficient (Wildman–Crippen LogP) is 3.50. The molecule has 0 aliphatic rings. The van der Waals surface area contributed by atoms with Gasteiger partial charge in [0.2, 0.25) is 5.91 Å². The van der Waals surface area contributed by atoms with Gasteiger partial charge >= 0.3 is 0 Å². The number of anilines is 1. The maximum absolute atomic E-state index is 12.9. The van der Waals surface area contributed by atoms with E-state index in [1.807, 2.05) is 20.8 Å². The van der Waals surface area contributed by atoms with Crippen molar-refractivity contribution in [3.05, 3.63) is 48.0 Å². The van der Waals surface area contributed by atoms with E-state index in [0.717, 1.165) is 0 Å². The zero-order valence-corrected chi connectivity index (χ0v) is 17.4. The third-order valence-electron chi connectivity index (χ3n) is 4.33. The van der Waals surface area contributed by atoms with E-state index in [2.05, 4.69) is 10.6 Å². The van der Waals surface area contributed by atoms with Crippen molar-refractivity contribution < 1.29 is 23.8 Å². The topological polar surface area (TPSA) is 85.9 Å². The highest BCUT2D eigenvalue weighted by Gasteiger charge is 2.25. The molecule has 0 bridgehead atoms. The second kappa shape index (κ2) is 10.4. The molecule has 156 valence electrons. The fourth-order valence-electron chi connectivity index (χ4n) is 2.75. The lowest BCUT2D eigenvalue weighted by Gasteiger charge is -2.22. The lowest BCUT2D eigenvalue weighted by molar-refractivity contribution is -0.118. The van der Waals surface area contributed by atoms with Gasteiger partial charge in [0.25, 0.3) is 5.91 Å². The van der Waals surface area contributed by atoms with Crippen LogP contribution in [0.3, 0.4) is 0 Å². The standard InChI is InChI=1S/C22H28N2O5/c1-6-29-16-9-7-15(8-10-16)21(25)24-20(14(2)3)22(26)23-18-13-17(27-4)11-12-19(18)28-5/h7-14,20H,6H2,1-5H3,(H,23,26)(H,24,25)/t20-/m0/s1. The second-order valence-electron chi connectivity index (χ2n) is 6.71. The van der Waals surface area contributed by atoms with Crippen molar-refractivity contribution in [2.75, 3.05) is 26.1 Å². The third-order valence-corrected chi connectivity index (χ3v) is 4.33. The van der Waals surface area contributed by atoms with Crippen molar-refractivity contribution in [1.29, 1.82) is 0 Å². The zero-order chi connectivity index (χ0) is 21.4. The molecule has 0 aliphatic heterocycles. The monoisotopic (exact) mass is 400 g/mol. The van der Waals surface area contributed by atoms with Crippen LogP contribution in [0.2, 0.25) is 0 Å². The van der Waals surface area contributed by atoms with E-state index >= 15 is 0 Å². The van der Waals surface area contributed by atoms with Gasteiger partial charge in [-0.15, -0.1) is 0 Å². The summed E-state index contributed by atoms with van der Waals surface area (Å²) in [6.07, 6.45) is 0. The number of methoxy groups -OCH3 is 2. The first-order valence-corrected chi connectivity index (χ1v) is 9.46. The Bertz CT molecular complexity index is 834. The molecule has 2 aromatic carbocycles. The molecule has 1 atom stereocenters. The average Bonchev–Trinajstić information content (AvgIpc) is 2.72. The third kappa shape index (κ3) is 5.88. The highest BCUT2D eigenvalue weighted by molar-refractivity contribution is 6.02. The molecule has 0 heterocycles. The number of hydrogen-bond donors (Lipinski definition) is 2. The maximum Gasteiger partial charge on any atom is 0.251 e. The number of rotatable bonds is 9. The van der Waals surface area contributed by atoms with Crippen LogP contribution in [0.15, 0.2) is 42.5 Å². The Morgan fingerprint density at radius 2 is 1.62 bits per heavy atom. The quantitative estimate of drug-likeness (QED) is 0.673. The first kappa shape index (κ1) is 22.1. The Balaban J connectivity index is 2.14. The summed E-state index contributed by atoms with van der Waals surface area (Å²) in [5, 5.41) is 5.63. The highest BCUT2D eigenvalue weighted by atomic mass is 16.5.